The van der Waals surface area contributed by atoms with Gasteiger partial charge in [0.1, 0.15) is 12.3 Å². The van der Waals surface area contributed by atoms with Gasteiger partial charge in [0.15, 0.2) is 5.78 Å². The zero-order valence-corrected chi connectivity index (χ0v) is 10.6. The molecule has 0 fully saturated rings. The third-order valence-corrected chi connectivity index (χ3v) is 2.54. The number of rotatable bonds is 4. The minimum atomic E-state index is -0.434. The largest absolute Gasteiger partial charge is 0.457 e. The maximum Gasteiger partial charge on any atom is 0.355 e. The number of aromatic amines is 1. The van der Waals surface area contributed by atoms with Crippen LogP contribution in [0.25, 0.3) is 0 Å². The summed E-state index contributed by atoms with van der Waals surface area (Å²) in [6.45, 7) is 7.09. The van der Waals surface area contributed by atoms with Gasteiger partial charge in [-0.25, -0.2) is 4.79 Å². The summed E-state index contributed by atoms with van der Waals surface area (Å²) in [5.74, 6) is -0.486. The number of esters is 1. The molecule has 1 aromatic rings. The van der Waals surface area contributed by atoms with Crippen molar-refractivity contribution in [3.05, 3.63) is 34.7 Å². The molecule has 1 rings (SSSR count). The monoisotopic (exact) mass is 235 g/mol. The van der Waals surface area contributed by atoms with Gasteiger partial charge >= 0.3 is 5.97 Å². The van der Waals surface area contributed by atoms with E-state index in [1.165, 1.54) is 6.92 Å². The lowest BCUT2D eigenvalue weighted by atomic mass is 10.1. The van der Waals surface area contributed by atoms with Crippen LogP contribution in [0, 0.1) is 13.8 Å². The van der Waals surface area contributed by atoms with Crippen molar-refractivity contribution in [1.82, 2.24) is 4.98 Å². The maximum absolute atomic E-state index is 11.7. The van der Waals surface area contributed by atoms with Gasteiger partial charge in [-0.1, -0.05) is 12.2 Å². The number of ketones is 1. The molecule has 1 N–H and O–H groups in total. The number of Topliss-reactive ketones (excluding diaryl/α,β-unsaturated/α-hetero) is 1. The second kappa shape index (κ2) is 5.48. The second-order valence-corrected chi connectivity index (χ2v) is 3.85. The summed E-state index contributed by atoms with van der Waals surface area (Å²) in [6.07, 6.45) is 3.55. The van der Waals surface area contributed by atoms with Gasteiger partial charge in [-0.15, -0.1) is 0 Å². The highest BCUT2D eigenvalue weighted by Crippen LogP contribution is 2.19. The topological polar surface area (TPSA) is 59.2 Å². The molecule has 0 aliphatic carbocycles. The fourth-order valence-electron chi connectivity index (χ4n) is 1.77. The number of aryl methyl sites for hydroxylation is 1. The van der Waals surface area contributed by atoms with Crippen molar-refractivity contribution in [2.75, 3.05) is 6.61 Å². The zero-order valence-electron chi connectivity index (χ0n) is 10.6. The van der Waals surface area contributed by atoms with Gasteiger partial charge in [-0.2, -0.15) is 0 Å². The lowest BCUT2D eigenvalue weighted by Crippen LogP contribution is -2.07. The van der Waals surface area contributed by atoms with Crippen LogP contribution in [-0.4, -0.2) is 23.3 Å². The fraction of sp³-hybridized carbons (Fsp3) is 0.385. The van der Waals surface area contributed by atoms with Crippen LogP contribution in [0.2, 0.25) is 0 Å². The third-order valence-electron chi connectivity index (χ3n) is 2.54. The van der Waals surface area contributed by atoms with Crippen LogP contribution >= 0.6 is 0 Å². The Labute approximate surface area is 101 Å². The predicted octanol–water partition coefficient (Wildman–Crippen LogP) is 2.57. The zero-order chi connectivity index (χ0) is 13.0. The number of carbonyl (C=O) groups is 2. The Hall–Kier alpha value is -1.84. The van der Waals surface area contributed by atoms with Crippen LogP contribution in [0.3, 0.4) is 0 Å². The van der Waals surface area contributed by atoms with E-state index in [4.69, 9.17) is 4.74 Å². The van der Waals surface area contributed by atoms with E-state index < -0.39 is 5.97 Å². The van der Waals surface area contributed by atoms with Crippen molar-refractivity contribution < 1.29 is 14.3 Å². The van der Waals surface area contributed by atoms with Crippen LogP contribution in [-0.2, 0) is 4.74 Å². The van der Waals surface area contributed by atoms with E-state index in [2.05, 4.69) is 4.98 Å². The molecule has 0 radical (unpaired) electrons. The SMILES string of the molecule is C/C=C/COC(=O)c1[nH]c(C)c(C(C)=O)c1C. The highest BCUT2D eigenvalue weighted by molar-refractivity contribution is 6.01. The third kappa shape index (κ3) is 2.84. The van der Waals surface area contributed by atoms with Crippen molar-refractivity contribution >= 4 is 11.8 Å². The van der Waals surface area contributed by atoms with Gasteiger partial charge < -0.3 is 9.72 Å². The number of aromatic nitrogens is 1. The summed E-state index contributed by atoms with van der Waals surface area (Å²) in [6, 6.07) is 0. The van der Waals surface area contributed by atoms with E-state index in [1.807, 2.05) is 6.92 Å². The van der Waals surface area contributed by atoms with Crippen molar-refractivity contribution in [3.8, 4) is 0 Å². The highest BCUT2D eigenvalue weighted by atomic mass is 16.5. The van der Waals surface area contributed by atoms with E-state index in [0.717, 1.165) is 0 Å². The molecule has 4 heteroatoms. The molecule has 0 aliphatic rings. The van der Waals surface area contributed by atoms with Crippen molar-refractivity contribution in [2.45, 2.75) is 27.7 Å². The van der Waals surface area contributed by atoms with E-state index >= 15 is 0 Å². The minimum Gasteiger partial charge on any atom is -0.457 e. The van der Waals surface area contributed by atoms with Crippen molar-refractivity contribution in [1.29, 1.82) is 0 Å². The first kappa shape index (κ1) is 13.2. The molecule has 1 aromatic heterocycles. The van der Waals surface area contributed by atoms with Crippen LogP contribution < -0.4 is 0 Å². The molecule has 0 unspecified atom stereocenters. The van der Waals surface area contributed by atoms with Gasteiger partial charge in [0.05, 0.1) is 0 Å². The molecule has 0 atom stereocenters. The van der Waals surface area contributed by atoms with Crippen LogP contribution in [0.5, 0.6) is 0 Å². The number of carbonyl (C=O) groups excluding carboxylic acids is 2. The van der Waals surface area contributed by atoms with E-state index in [9.17, 15) is 9.59 Å². The van der Waals surface area contributed by atoms with Gasteiger partial charge in [0, 0.05) is 11.3 Å². The lowest BCUT2D eigenvalue weighted by molar-refractivity contribution is 0.0542. The molecule has 0 aliphatic heterocycles. The summed E-state index contributed by atoms with van der Waals surface area (Å²) in [5, 5.41) is 0. The Bertz CT molecular complexity index is 469. The Morgan fingerprint density at radius 1 is 1.35 bits per heavy atom. The minimum absolute atomic E-state index is 0.0521. The molecule has 0 amide bonds. The first-order valence-electron chi connectivity index (χ1n) is 5.47. The molecule has 0 bridgehead atoms. The van der Waals surface area contributed by atoms with Gasteiger partial charge in [0.2, 0.25) is 0 Å². The summed E-state index contributed by atoms with van der Waals surface area (Å²) in [5.41, 5.74) is 2.29. The summed E-state index contributed by atoms with van der Waals surface area (Å²) >= 11 is 0. The van der Waals surface area contributed by atoms with Crippen LogP contribution in [0.1, 0.15) is 46.0 Å². The molecule has 0 spiro atoms. The Morgan fingerprint density at radius 3 is 2.47 bits per heavy atom. The average molecular weight is 235 g/mol. The molecule has 4 nitrogen and oxygen atoms in total. The molecule has 17 heavy (non-hydrogen) atoms. The van der Waals surface area contributed by atoms with Gasteiger partial charge in [-0.05, 0) is 33.3 Å². The van der Waals surface area contributed by atoms with Gasteiger partial charge in [0.25, 0.3) is 0 Å². The molecule has 0 saturated carbocycles. The standard InChI is InChI=1S/C13H17NO3/c1-5-6-7-17-13(16)12-8(2)11(10(4)15)9(3)14-12/h5-6,14H,7H2,1-4H3/b6-5+. The number of nitrogens with one attached hydrogen (secondary N) is 1. The number of hydrogen-bond donors (Lipinski definition) is 1. The average Bonchev–Trinajstić information content (AvgIpc) is 2.54. The number of H-pyrrole nitrogens is 1. The smallest absolute Gasteiger partial charge is 0.355 e. The van der Waals surface area contributed by atoms with Crippen molar-refractivity contribution in [3.63, 3.8) is 0 Å². The molecular weight excluding hydrogens is 218 g/mol. The number of ether oxygens (including phenoxy) is 1. The van der Waals surface area contributed by atoms with Crippen LogP contribution in [0.4, 0.5) is 0 Å². The Morgan fingerprint density at radius 2 is 2.00 bits per heavy atom. The number of hydrogen-bond acceptors (Lipinski definition) is 3. The Kier molecular flexibility index (Phi) is 4.26. The predicted molar refractivity (Wildman–Crippen MR) is 65.4 cm³/mol. The van der Waals surface area contributed by atoms with E-state index in [1.54, 1.807) is 26.0 Å². The summed E-state index contributed by atoms with van der Waals surface area (Å²) in [7, 11) is 0. The normalized spacial score (nSPS) is 10.8. The molecular formula is C13H17NO3. The molecule has 0 saturated heterocycles. The molecule has 1 heterocycles. The van der Waals surface area contributed by atoms with Gasteiger partial charge in [-0.3, -0.25) is 4.79 Å². The lowest BCUT2D eigenvalue weighted by Gasteiger charge is -2.01. The molecule has 0 aromatic carbocycles. The first-order valence-corrected chi connectivity index (χ1v) is 5.47. The Balaban J connectivity index is 2.96. The number of allylic oxidation sites excluding steroid dienone is 1. The molecule has 92 valence electrons. The fourth-order valence-corrected chi connectivity index (χ4v) is 1.77. The first-order chi connectivity index (χ1) is 7.99. The summed E-state index contributed by atoms with van der Waals surface area (Å²) < 4.78 is 5.03. The van der Waals surface area contributed by atoms with Crippen LogP contribution in [0.15, 0.2) is 12.2 Å². The van der Waals surface area contributed by atoms with E-state index in [0.29, 0.717) is 22.5 Å². The van der Waals surface area contributed by atoms with Crippen molar-refractivity contribution in [2.24, 2.45) is 0 Å². The highest BCUT2D eigenvalue weighted by Gasteiger charge is 2.20. The quantitative estimate of drug-likeness (QED) is 0.495. The maximum atomic E-state index is 11.7. The summed E-state index contributed by atoms with van der Waals surface area (Å²) in [4.78, 5) is 26.0. The second-order valence-electron chi connectivity index (χ2n) is 3.85. The van der Waals surface area contributed by atoms with E-state index in [-0.39, 0.29) is 12.4 Å².